The highest BCUT2D eigenvalue weighted by atomic mass is 35.5. The Morgan fingerprint density at radius 3 is 2.47 bits per heavy atom. The van der Waals surface area contributed by atoms with E-state index in [1.807, 2.05) is 18.7 Å². The lowest BCUT2D eigenvalue weighted by atomic mass is 10.2. The average molecular weight is 245 g/mol. The molecule has 1 heterocycles. The second-order valence-electron chi connectivity index (χ2n) is 3.71. The minimum Gasteiger partial charge on any atom is -0.237 e. The summed E-state index contributed by atoms with van der Waals surface area (Å²) < 4.78 is 0. The Morgan fingerprint density at radius 1 is 1.33 bits per heavy atom. The molecule has 0 atom stereocenters. The van der Waals surface area contributed by atoms with Gasteiger partial charge in [0.1, 0.15) is 11.0 Å². The van der Waals surface area contributed by atoms with Crippen molar-refractivity contribution in [1.29, 1.82) is 0 Å². The van der Waals surface area contributed by atoms with Gasteiger partial charge < -0.3 is 0 Å². The summed E-state index contributed by atoms with van der Waals surface area (Å²) in [5, 5.41) is 1.21. The summed E-state index contributed by atoms with van der Waals surface area (Å²) in [5.41, 5.74) is 2.08. The lowest BCUT2D eigenvalue weighted by Gasteiger charge is -2.08. The van der Waals surface area contributed by atoms with Crippen LogP contribution in [0.1, 0.15) is 37.9 Å². The summed E-state index contributed by atoms with van der Waals surface area (Å²) in [4.78, 5) is 8.77. The topological polar surface area (TPSA) is 25.8 Å². The third-order valence-corrected chi connectivity index (χ3v) is 3.51. The van der Waals surface area contributed by atoms with E-state index in [0.717, 1.165) is 29.3 Å². The van der Waals surface area contributed by atoms with Crippen molar-refractivity contribution in [2.45, 2.75) is 45.1 Å². The molecule has 0 radical (unpaired) electrons. The number of hydrogen-bond donors (Lipinski definition) is 0. The van der Waals surface area contributed by atoms with E-state index in [4.69, 9.17) is 11.6 Å². The Labute approximate surface area is 101 Å². The molecule has 0 spiro atoms. The smallest absolute Gasteiger partial charge is 0.140 e. The second-order valence-corrected chi connectivity index (χ2v) is 5.63. The molecule has 0 saturated carbocycles. The molecule has 0 unspecified atom stereocenters. The third kappa shape index (κ3) is 3.65. The van der Waals surface area contributed by atoms with E-state index in [-0.39, 0.29) is 0 Å². The maximum atomic E-state index is 6.09. The highest BCUT2D eigenvalue weighted by molar-refractivity contribution is 7.99. The first-order valence-electron chi connectivity index (χ1n) is 5.18. The minimum absolute atomic E-state index is 0.596. The van der Waals surface area contributed by atoms with E-state index in [1.165, 1.54) is 0 Å². The van der Waals surface area contributed by atoms with Crippen LogP contribution in [0.15, 0.2) is 0 Å². The number of thioether (sulfide) groups is 1. The Hall–Kier alpha value is -0.280. The van der Waals surface area contributed by atoms with Crippen LogP contribution >= 0.6 is 23.4 Å². The van der Waals surface area contributed by atoms with Gasteiger partial charge in [-0.15, -0.1) is 0 Å². The van der Waals surface area contributed by atoms with Gasteiger partial charge in [-0.05, 0) is 18.6 Å². The zero-order chi connectivity index (χ0) is 11.4. The van der Waals surface area contributed by atoms with E-state index in [0.29, 0.717) is 10.4 Å². The number of halogens is 1. The average Bonchev–Trinajstić information content (AvgIpc) is 2.14. The van der Waals surface area contributed by atoms with Gasteiger partial charge in [0.2, 0.25) is 0 Å². The standard InChI is InChI=1S/C11H17ClN2S/c1-5-9-8(4)13-10(14-11(9)12)6-15-7(2)3/h7H,5-6H2,1-4H3. The SMILES string of the molecule is CCc1c(C)nc(CSC(C)C)nc1Cl. The molecule has 0 N–H and O–H groups in total. The van der Waals surface area contributed by atoms with Gasteiger partial charge in [-0.3, -0.25) is 0 Å². The summed E-state index contributed by atoms with van der Waals surface area (Å²) >= 11 is 7.92. The fraction of sp³-hybridized carbons (Fsp3) is 0.636. The lowest BCUT2D eigenvalue weighted by molar-refractivity contribution is 0.936. The molecule has 1 rings (SSSR count). The molecule has 1 aromatic heterocycles. The zero-order valence-electron chi connectivity index (χ0n) is 9.67. The number of hydrogen-bond acceptors (Lipinski definition) is 3. The molecule has 15 heavy (non-hydrogen) atoms. The Bertz CT molecular complexity index is 316. The third-order valence-electron chi connectivity index (χ3n) is 2.11. The normalized spacial score (nSPS) is 11.1. The number of aromatic nitrogens is 2. The molecule has 0 amide bonds. The predicted octanol–water partition coefficient (Wildman–Crippen LogP) is 3.64. The van der Waals surface area contributed by atoms with Crippen LogP contribution in [0.25, 0.3) is 0 Å². The maximum absolute atomic E-state index is 6.09. The molecule has 0 aliphatic rings. The van der Waals surface area contributed by atoms with Crippen molar-refractivity contribution in [3.63, 3.8) is 0 Å². The molecule has 0 aliphatic carbocycles. The first-order valence-corrected chi connectivity index (χ1v) is 6.60. The lowest BCUT2D eigenvalue weighted by Crippen LogP contribution is -2.02. The molecule has 0 saturated heterocycles. The maximum Gasteiger partial charge on any atom is 0.140 e. The molecule has 0 aliphatic heterocycles. The monoisotopic (exact) mass is 244 g/mol. The second kappa shape index (κ2) is 5.71. The summed E-state index contributed by atoms with van der Waals surface area (Å²) in [6, 6.07) is 0. The fourth-order valence-corrected chi connectivity index (χ4v) is 2.30. The van der Waals surface area contributed by atoms with E-state index < -0.39 is 0 Å². The first kappa shape index (κ1) is 12.8. The molecular weight excluding hydrogens is 228 g/mol. The van der Waals surface area contributed by atoms with Crippen molar-refractivity contribution >= 4 is 23.4 Å². The van der Waals surface area contributed by atoms with Crippen molar-refractivity contribution in [3.05, 3.63) is 22.2 Å². The van der Waals surface area contributed by atoms with Gasteiger partial charge in [0.15, 0.2) is 0 Å². The van der Waals surface area contributed by atoms with E-state index in [2.05, 4.69) is 30.7 Å². The van der Waals surface area contributed by atoms with Gasteiger partial charge in [0, 0.05) is 11.3 Å². The summed E-state index contributed by atoms with van der Waals surface area (Å²) in [6.07, 6.45) is 0.891. The number of nitrogens with zero attached hydrogens (tertiary/aromatic N) is 2. The summed E-state index contributed by atoms with van der Waals surface area (Å²) in [7, 11) is 0. The highest BCUT2D eigenvalue weighted by Gasteiger charge is 2.08. The van der Waals surface area contributed by atoms with Crippen LogP contribution in [-0.2, 0) is 12.2 Å². The molecule has 84 valence electrons. The summed E-state index contributed by atoms with van der Waals surface area (Å²) in [5.74, 6) is 1.68. The van der Waals surface area contributed by atoms with E-state index in [9.17, 15) is 0 Å². The van der Waals surface area contributed by atoms with Crippen LogP contribution in [0.4, 0.5) is 0 Å². The van der Waals surface area contributed by atoms with E-state index in [1.54, 1.807) is 0 Å². The van der Waals surface area contributed by atoms with Crippen molar-refractivity contribution in [2.75, 3.05) is 0 Å². The molecule has 0 aromatic carbocycles. The summed E-state index contributed by atoms with van der Waals surface area (Å²) in [6.45, 7) is 8.40. The van der Waals surface area contributed by atoms with Crippen molar-refractivity contribution in [1.82, 2.24) is 9.97 Å². The quantitative estimate of drug-likeness (QED) is 0.757. The van der Waals surface area contributed by atoms with Crippen LogP contribution in [0.2, 0.25) is 5.15 Å². The first-order chi connectivity index (χ1) is 7.04. The number of aryl methyl sites for hydroxylation is 1. The van der Waals surface area contributed by atoms with Crippen molar-refractivity contribution in [2.24, 2.45) is 0 Å². The zero-order valence-corrected chi connectivity index (χ0v) is 11.2. The van der Waals surface area contributed by atoms with Crippen molar-refractivity contribution in [3.8, 4) is 0 Å². The number of rotatable bonds is 4. The van der Waals surface area contributed by atoms with Crippen LogP contribution in [-0.4, -0.2) is 15.2 Å². The Morgan fingerprint density at radius 2 is 2.00 bits per heavy atom. The molecule has 0 bridgehead atoms. The van der Waals surface area contributed by atoms with Gasteiger partial charge in [0.25, 0.3) is 0 Å². The van der Waals surface area contributed by atoms with Gasteiger partial charge in [-0.1, -0.05) is 32.4 Å². The minimum atomic E-state index is 0.596. The highest BCUT2D eigenvalue weighted by Crippen LogP contribution is 2.20. The van der Waals surface area contributed by atoms with Crippen LogP contribution in [0.5, 0.6) is 0 Å². The van der Waals surface area contributed by atoms with Gasteiger partial charge in [-0.2, -0.15) is 11.8 Å². The molecule has 1 aromatic rings. The van der Waals surface area contributed by atoms with Gasteiger partial charge >= 0.3 is 0 Å². The Balaban J connectivity index is 2.84. The largest absolute Gasteiger partial charge is 0.237 e. The van der Waals surface area contributed by atoms with Crippen LogP contribution in [0.3, 0.4) is 0 Å². The van der Waals surface area contributed by atoms with Crippen LogP contribution in [0, 0.1) is 6.92 Å². The fourth-order valence-electron chi connectivity index (χ4n) is 1.32. The Kier molecular flexibility index (Phi) is 4.87. The molecule has 0 fully saturated rings. The molecule has 4 heteroatoms. The van der Waals surface area contributed by atoms with Crippen molar-refractivity contribution < 1.29 is 0 Å². The van der Waals surface area contributed by atoms with Gasteiger partial charge in [0.05, 0.1) is 5.75 Å². The van der Waals surface area contributed by atoms with Gasteiger partial charge in [-0.25, -0.2) is 9.97 Å². The molecule has 2 nitrogen and oxygen atoms in total. The van der Waals surface area contributed by atoms with E-state index >= 15 is 0 Å². The molecular formula is C11H17ClN2S. The van der Waals surface area contributed by atoms with Crippen LogP contribution < -0.4 is 0 Å². The predicted molar refractivity (Wildman–Crippen MR) is 67.6 cm³/mol.